The molecule has 0 aromatic heterocycles. The molecule has 3 nitrogen and oxygen atoms in total. The van der Waals surface area contributed by atoms with Gasteiger partial charge in [-0.15, -0.1) is 0 Å². The monoisotopic (exact) mass is 244 g/mol. The highest BCUT2D eigenvalue weighted by atomic mass is 32.1. The molecule has 1 aliphatic heterocycles. The molecule has 0 aromatic rings. The number of rotatable bonds is 7. The lowest BCUT2D eigenvalue weighted by atomic mass is 10.0. The molecule has 1 fully saturated rings. The molecule has 1 rings (SSSR count). The number of nitrogens with two attached hydrogens (primary N) is 1. The molecule has 0 spiro atoms. The van der Waals surface area contributed by atoms with E-state index in [0.717, 1.165) is 45.1 Å². The molecule has 0 saturated carbocycles. The van der Waals surface area contributed by atoms with E-state index in [0.29, 0.717) is 4.99 Å². The Morgan fingerprint density at radius 2 is 2.31 bits per heavy atom. The summed E-state index contributed by atoms with van der Waals surface area (Å²) in [4.78, 5) is 3.04. The number of unbranched alkanes of at least 4 members (excludes halogenated alkanes) is 1. The molecule has 1 unspecified atom stereocenters. The SMILES string of the molecule is CN(CCCCC(N)=S)CC1CCCOC1. The standard InChI is InChI=1S/C12H24N2OS/c1-14(7-3-2-6-12(13)16)9-11-5-4-8-15-10-11/h11H,2-10H2,1H3,(H2,13,16). The summed E-state index contributed by atoms with van der Waals surface area (Å²) in [6.45, 7) is 4.19. The van der Waals surface area contributed by atoms with Gasteiger partial charge >= 0.3 is 0 Å². The molecule has 0 radical (unpaired) electrons. The number of hydrogen-bond acceptors (Lipinski definition) is 3. The van der Waals surface area contributed by atoms with E-state index in [9.17, 15) is 0 Å². The second kappa shape index (κ2) is 7.98. The van der Waals surface area contributed by atoms with Crippen LogP contribution in [0.15, 0.2) is 0 Å². The van der Waals surface area contributed by atoms with Crippen molar-refractivity contribution in [3.8, 4) is 0 Å². The topological polar surface area (TPSA) is 38.5 Å². The second-order valence-electron chi connectivity index (χ2n) is 4.77. The van der Waals surface area contributed by atoms with Gasteiger partial charge in [-0.3, -0.25) is 0 Å². The number of hydrogen-bond donors (Lipinski definition) is 1. The molecule has 1 heterocycles. The van der Waals surface area contributed by atoms with Gasteiger partial charge in [0, 0.05) is 13.2 Å². The van der Waals surface area contributed by atoms with Crippen molar-refractivity contribution in [3.63, 3.8) is 0 Å². The van der Waals surface area contributed by atoms with Crippen molar-refractivity contribution >= 4 is 17.2 Å². The number of ether oxygens (including phenoxy) is 1. The van der Waals surface area contributed by atoms with Gasteiger partial charge in [0.05, 0.1) is 11.6 Å². The van der Waals surface area contributed by atoms with Crippen LogP contribution in [0.1, 0.15) is 32.1 Å². The highest BCUT2D eigenvalue weighted by molar-refractivity contribution is 7.80. The Hall–Kier alpha value is -0.190. The number of nitrogens with zero attached hydrogens (tertiary/aromatic N) is 1. The van der Waals surface area contributed by atoms with Crippen LogP contribution in [0.5, 0.6) is 0 Å². The molecule has 1 saturated heterocycles. The summed E-state index contributed by atoms with van der Waals surface area (Å²) in [5, 5.41) is 0. The molecule has 0 aliphatic carbocycles. The van der Waals surface area contributed by atoms with Crippen LogP contribution >= 0.6 is 12.2 Å². The Morgan fingerprint density at radius 1 is 1.50 bits per heavy atom. The average Bonchev–Trinajstić information content (AvgIpc) is 2.25. The van der Waals surface area contributed by atoms with Crippen LogP contribution in [-0.4, -0.2) is 43.2 Å². The fourth-order valence-corrected chi connectivity index (χ4v) is 2.31. The Kier molecular flexibility index (Phi) is 6.92. The summed E-state index contributed by atoms with van der Waals surface area (Å²) in [5.41, 5.74) is 5.46. The summed E-state index contributed by atoms with van der Waals surface area (Å²) < 4.78 is 5.48. The predicted molar refractivity (Wildman–Crippen MR) is 71.7 cm³/mol. The van der Waals surface area contributed by atoms with Gasteiger partial charge in [0.15, 0.2) is 0 Å². The first-order valence-corrected chi connectivity index (χ1v) is 6.64. The van der Waals surface area contributed by atoms with Crippen LogP contribution in [0.4, 0.5) is 0 Å². The molecule has 1 atom stereocenters. The molecule has 1 aliphatic rings. The van der Waals surface area contributed by atoms with Gasteiger partial charge in [-0.05, 0) is 51.6 Å². The summed E-state index contributed by atoms with van der Waals surface area (Å²) in [7, 11) is 2.19. The van der Waals surface area contributed by atoms with Crippen molar-refractivity contribution in [1.82, 2.24) is 4.90 Å². The average molecular weight is 244 g/mol. The molecule has 4 heteroatoms. The maximum absolute atomic E-state index is 5.48. The summed E-state index contributed by atoms with van der Waals surface area (Å²) in [5.74, 6) is 0.731. The third kappa shape index (κ3) is 6.40. The van der Waals surface area contributed by atoms with Crippen LogP contribution in [0, 0.1) is 5.92 Å². The van der Waals surface area contributed by atoms with Crippen LogP contribution in [-0.2, 0) is 4.74 Å². The highest BCUT2D eigenvalue weighted by Gasteiger charge is 2.15. The number of thiocarbonyl (C=S) groups is 1. The van der Waals surface area contributed by atoms with Gasteiger partial charge in [-0.1, -0.05) is 12.2 Å². The minimum absolute atomic E-state index is 0.642. The van der Waals surface area contributed by atoms with E-state index in [2.05, 4.69) is 11.9 Å². The van der Waals surface area contributed by atoms with Crippen molar-refractivity contribution in [2.75, 3.05) is 33.4 Å². The van der Waals surface area contributed by atoms with Crippen LogP contribution in [0.2, 0.25) is 0 Å². The van der Waals surface area contributed by atoms with Crippen molar-refractivity contribution < 1.29 is 4.74 Å². The lowest BCUT2D eigenvalue weighted by Gasteiger charge is -2.27. The zero-order chi connectivity index (χ0) is 11.8. The molecular weight excluding hydrogens is 220 g/mol. The van der Waals surface area contributed by atoms with Crippen LogP contribution in [0.25, 0.3) is 0 Å². The highest BCUT2D eigenvalue weighted by Crippen LogP contribution is 2.14. The maximum Gasteiger partial charge on any atom is 0.0727 e. The third-order valence-electron chi connectivity index (χ3n) is 3.04. The first kappa shape index (κ1) is 13.9. The molecule has 2 N–H and O–H groups in total. The van der Waals surface area contributed by atoms with Gasteiger partial charge in [-0.2, -0.15) is 0 Å². The fraction of sp³-hybridized carbons (Fsp3) is 0.917. The minimum atomic E-state index is 0.642. The van der Waals surface area contributed by atoms with Crippen molar-refractivity contribution in [1.29, 1.82) is 0 Å². The second-order valence-corrected chi connectivity index (χ2v) is 5.29. The van der Waals surface area contributed by atoms with Crippen molar-refractivity contribution in [2.24, 2.45) is 11.7 Å². The zero-order valence-electron chi connectivity index (χ0n) is 10.3. The van der Waals surface area contributed by atoms with Gasteiger partial charge in [0.2, 0.25) is 0 Å². The Bertz CT molecular complexity index is 205. The van der Waals surface area contributed by atoms with Crippen molar-refractivity contribution in [3.05, 3.63) is 0 Å². The lowest BCUT2D eigenvalue weighted by Crippen LogP contribution is -2.31. The van der Waals surface area contributed by atoms with E-state index in [4.69, 9.17) is 22.7 Å². The molecule has 94 valence electrons. The smallest absolute Gasteiger partial charge is 0.0727 e. The van der Waals surface area contributed by atoms with E-state index in [1.54, 1.807) is 0 Å². The van der Waals surface area contributed by atoms with Crippen molar-refractivity contribution in [2.45, 2.75) is 32.1 Å². The summed E-state index contributed by atoms with van der Waals surface area (Å²) >= 11 is 4.85. The van der Waals surface area contributed by atoms with E-state index in [1.165, 1.54) is 19.3 Å². The summed E-state index contributed by atoms with van der Waals surface area (Å²) in [6.07, 6.45) is 5.72. The molecular formula is C12H24N2OS. The van der Waals surface area contributed by atoms with E-state index >= 15 is 0 Å². The van der Waals surface area contributed by atoms with E-state index in [-0.39, 0.29) is 0 Å². The Balaban J connectivity index is 2.01. The first-order chi connectivity index (χ1) is 7.68. The fourth-order valence-electron chi connectivity index (χ4n) is 2.16. The van der Waals surface area contributed by atoms with Gasteiger partial charge < -0.3 is 15.4 Å². The van der Waals surface area contributed by atoms with Gasteiger partial charge in [0.1, 0.15) is 0 Å². The normalized spacial score (nSPS) is 21.2. The molecule has 0 bridgehead atoms. The lowest BCUT2D eigenvalue weighted by molar-refractivity contribution is 0.0419. The van der Waals surface area contributed by atoms with Crippen LogP contribution < -0.4 is 5.73 Å². The summed E-state index contributed by atoms with van der Waals surface area (Å²) in [6, 6.07) is 0. The zero-order valence-corrected chi connectivity index (χ0v) is 11.1. The van der Waals surface area contributed by atoms with E-state index < -0.39 is 0 Å². The van der Waals surface area contributed by atoms with Crippen LogP contribution in [0.3, 0.4) is 0 Å². The largest absolute Gasteiger partial charge is 0.393 e. The Morgan fingerprint density at radius 3 is 2.94 bits per heavy atom. The predicted octanol–water partition coefficient (Wildman–Crippen LogP) is 1.80. The van der Waals surface area contributed by atoms with E-state index in [1.807, 2.05) is 0 Å². The van der Waals surface area contributed by atoms with Gasteiger partial charge in [-0.25, -0.2) is 0 Å². The first-order valence-electron chi connectivity index (χ1n) is 6.23. The Labute approximate surface area is 104 Å². The molecule has 16 heavy (non-hydrogen) atoms. The minimum Gasteiger partial charge on any atom is -0.393 e. The van der Waals surface area contributed by atoms with Gasteiger partial charge in [0.25, 0.3) is 0 Å². The molecule has 0 amide bonds. The maximum atomic E-state index is 5.48. The molecule has 0 aromatic carbocycles. The quantitative estimate of drug-likeness (QED) is 0.547. The third-order valence-corrected chi connectivity index (χ3v) is 3.24.